The van der Waals surface area contributed by atoms with E-state index in [0.717, 1.165) is 13.1 Å². The number of carbonyl (C=O) groups excluding carboxylic acids is 2. The number of nitrogens with zero attached hydrogens (tertiary/aromatic N) is 3. The van der Waals surface area contributed by atoms with Gasteiger partial charge in [0.15, 0.2) is 11.5 Å². The van der Waals surface area contributed by atoms with Crippen LogP contribution >= 0.6 is 0 Å². The number of ether oxygens (including phenoxy) is 1. The van der Waals surface area contributed by atoms with Gasteiger partial charge in [0.2, 0.25) is 5.91 Å². The van der Waals surface area contributed by atoms with Gasteiger partial charge in [-0.3, -0.25) is 14.5 Å². The van der Waals surface area contributed by atoms with Crippen LogP contribution in [0.5, 0.6) is 0 Å². The Kier molecular flexibility index (Phi) is 5.15. The number of hydrogen-bond acceptors (Lipinski definition) is 6. The lowest BCUT2D eigenvalue weighted by molar-refractivity contribution is -0.129. The molecule has 0 spiro atoms. The van der Waals surface area contributed by atoms with Gasteiger partial charge in [0.1, 0.15) is 0 Å². The molecule has 0 saturated carbocycles. The van der Waals surface area contributed by atoms with Crippen LogP contribution in [0.1, 0.15) is 36.5 Å². The second-order valence-corrected chi connectivity index (χ2v) is 6.58. The molecule has 2 saturated heterocycles. The Bertz CT molecular complexity index is 595. The molecule has 2 fully saturated rings. The van der Waals surface area contributed by atoms with E-state index in [1.165, 1.54) is 0 Å². The first-order valence-electron chi connectivity index (χ1n) is 8.39. The first kappa shape index (κ1) is 16.9. The van der Waals surface area contributed by atoms with Gasteiger partial charge in [-0.05, 0) is 13.8 Å². The highest BCUT2D eigenvalue weighted by atomic mass is 16.5. The molecule has 8 heteroatoms. The van der Waals surface area contributed by atoms with Crippen molar-refractivity contribution in [3.05, 3.63) is 17.5 Å². The van der Waals surface area contributed by atoms with Gasteiger partial charge < -0.3 is 19.5 Å². The average Bonchev–Trinajstić information content (AvgIpc) is 3.15. The molecule has 0 aliphatic carbocycles. The van der Waals surface area contributed by atoms with Crippen molar-refractivity contribution in [3.8, 4) is 0 Å². The van der Waals surface area contributed by atoms with Crippen LogP contribution in [0.25, 0.3) is 0 Å². The van der Waals surface area contributed by atoms with Gasteiger partial charge in [0.25, 0.3) is 5.91 Å². The first-order chi connectivity index (χ1) is 11.5. The van der Waals surface area contributed by atoms with Crippen LogP contribution in [0.15, 0.2) is 10.6 Å². The largest absolute Gasteiger partial charge is 0.379 e. The van der Waals surface area contributed by atoms with Crippen molar-refractivity contribution in [1.29, 1.82) is 0 Å². The third-order valence-corrected chi connectivity index (χ3v) is 4.39. The van der Waals surface area contributed by atoms with E-state index < -0.39 is 0 Å². The Morgan fingerprint density at radius 1 is 1.42 bits per heavy atom. The average molecular weight is 336 g/mol. The number of amides is 2. The highest BCUT2D eigenvalue weighted by Gasteiger charge is 2.32. The number of aromatic nitrogens is 1. The van der Waals surface area contributed by atoms with Gasteiger partial charge in [-0.25, -0.2) is 0 Å². The molecule has 24 heavy (non-hydrogen) atoms. The minimum atomic E-state index is -0.296. The second-order valence-electron chi connectivity index (χ2n) is 6.58. The minimum absolute atomic E-state index is 0.0726. The maximum atomic E-state index is 12.3. The summed E-state index contributed by atoms with van der Waals surface area (Å²) in [6, 6.07) is 1.64. The maximum Gasteiger partial charge on any atom is 0.273 e. The van der Waals surface area contributed by atoms with Crippen molar-refractivity contribution in [1.82, 2.24) is 20.3 Å². The van der Waals surface area contributed by atoms with Crippen molar-refractivity contribution >= 4 is 11.8 Å². The first-order valence-corrected chi connectivity index (χ1v) is 8.39. The van der Waals surface area contributed by atoms with E-state index in [9.17, 15) is 9.59 Å². The number of morpholine rings is 1. The summed E-state index contributed by atoms with van der Waals surface area (Å²) in [6.45, 7) is 8.21. The predicted molar refractivity (Wildman–Crippen MR) is 85.3 cm³/mol. The minimum Gasteiger partial charge on any atom is -0.379 e. The summed E-state index contributed by atoms with van der Waals surface area (Å²) >= 11 is 0. The van der Waals surface area contributed by atoms with Crippen molar-refractivity contribution in [3.63, 3.8) is 0 Å². The molecule has 2 aliphatic heterocycles. The zero-order chi connectivity index (χ0) is 17.1. The Labute approximate surface area is 141 Å². The number of likely N-dealkylation sites (tertiary alicyclic amines) is 1. The van der Waals surface area contributed by atoms with E-state index in [0.29, 0.717) is 38.5 Å². The molecule has 2 aliphatic rings. The fourth-order valence-electron chi connectivity index (χ4n) is 3.06. The predicted octanol–water partition coefficient (Wildman–Crippen LogP) is 0.246. The molecule has 3 rings (SSSR count). The summed E-state index contributed by atoms with van der Waals surface area (Å²) in [5.41, 5.74) is 0.258. The molecule has 132 valence electrons. The smallest absolute Gasteiger partial charge is 0.273 e. The Balaban J connectivity index is 1.53. The molecule has 1 N–H and O–H groups in total. The van der Waals surface area contributed by atoms with Crippen LogP contribution in [0.3, 0.4) is 0 Å². The van der Waals surface area contributed by atoms with Gasteiger partial charge in [-0.15, -0.1) is 0 Å². The summed E-state index contributed by atoms with van der Waals surface area (Å²) in [4.78, 5) is 28.2. The van der Waals surface area contributed by atoms with E-state index >= 15 is 0 Å². The number of carbonyl (C=O) groups is 2. The van der Waals surface area contributed by atoms with Gasteiger partial charge >= 0.3 is 0 Å². The Morgan fingerprint density at radius 2 is 2.17 bits per heavy atom. The topological polar surface area (TPSA) is 87.9 Å². The lowest BCUT2D eigenvalue weighted by atomic mass is 10.2. The van der Waals surface area contributed by atoms with Gasteiger partial charge in [0, 0.05) is 38.2 Å². The maximum absolute atomic E-state index is 12.3. The Hall–Kier alpha value is -1.93. The summed E-state index contributed by atoms with van der Waals surface area (Å²) in [7, 11) is 0. The molecular weight excluding hydrogens is 312 g/mol. The van der Waals surface area contributed by atoms with Crippen molar-refractivity contribution in [2.75, 3.05) is 32.8 Å². The lowest BCUT2D eigenvalue weighted by Crippen LogP contribution is -2.39. The summed E-state index contributed by atoms with van der Waals surface area (Å²) in [6.07, 6.45) is 0.336. The molecular formula is C16H24N4O4. The summed E-state index contributed by atoms with van der Waals surface area (Å²) in [5.74, 6) is 0.437. The Morgan fingerprint density at radius 3 is 2.83 bits per heavy atom. The fraction of sp³-hybridized carbons (Fsp3) is 0.688. The van der Waals surface area contributed by atoms with Crippen LogP contribution in [0.2, 0.25) is 0 Å². The van der Waals surface area contributed by atoms with E-state index in [1.54, 1.807) is 11.0 Å². The number of hydrogen-bond donors (Lipinski definition) is 1. The lowest BCUT2D eigenvalue weighted by Gasteiger charge is -2.25. The van der Waals surface area contributed by atoms with E-state index in [4.69, 9.17) is 9.26 Å². The van der Waals surface area contributed by atoms with E-state index in [1.807, 2.05) is 13.8 Å². The standard InChI is InChI=1S/C16H24N4O4/c1-11(2)20-9-12(7-15(20)21)17-16(22)14-8-13(24-18-14)10-19-3-5-23-6-4-19/h8,11-12H,3-7,9-10H2,1-2H3,(H,17,22). The van der Waals surface area contributed by atoms with Crippen LogP contribution in [0.4, 0.5) is 0 Å². The quantitative estimate of drug-likeness (QED) is 0.829. The van der Waals surface area contributed by atoms with Crippen LogP contribution in [-0.4, -0.2) is 71.7 Å². The third kappa shape index (κ3) is 3.93. The molecule has 0 radical (unpaired) electrons. The van der Waals surface area contributed by atoms with Crippen molar-refractivity contribution in [2.45, 2.75) is 38.9 Å². The SMILES string of the molecule is CC(C)N1CC(NC(=O)c2cc(CN3CCOCC3)on2)CC1=O. The zero-order valence-corrected chi connectivity index (χ0v) is 14.2. The summed E-state index contributed by atoms with van der Waals surface area (Å²) < 4.78 is 10.6. The molecule has 1 aromatic heterocycles. The van der Waals surface area contributed by atoms with Crippen LogP contribution in [0, 0.1) is 0 Å². The van der Waals surface area contributed by atoms with Gasteiger partial charge in [-0.2, -0.15) is 0 Å². The molecule has 1 atom stereocenters. The van der Waals surface area contributed by atoms with Crippen LogP contribution in [-0.2, 0) is 16.1 Å². The molecule has 1 unspecified atom stereocenters. The molecule has 0 bridgehead atoms. The van der Waals surface area contributed by atoms with E-state index in [2.05, 4.69) is 15.4 Å². The third-order valence-electron chi connectivity index (χ3n) is 4.39. The second kappa shape index (κ2) is 7.31. The summed E-state index contributed by atoms with van der Waals surface area (Å²) in [5, 5.41) is 6.72. The number of rotatable bonds is 5. The van der Waals surface area contributed by atoms with Crippen LogP contribution < -0.4 is 5.32 Å². The molecule has 3 heterocycles. The van der Waals surface area contributed by atoms with Gasteiger partial charge in [-0.1, -0.05) is 5.16 Å². The highest BCUT2D eigenvalue weighted by Crippen LogP contribution is 2.15. The molecule has 2 amide bonds. The normalized spacial score (nSPS) is 22.4. The molecule has 0 aromatic carbocycles. The van der Waals surface area contributed by atoms with Crippen molar-refractivity contribution in [2.24, 2.45) is 0 Å². The zero-order valence-electron chi connectivity index (χ0n) is 14.2. The van der Waals surface area contributed by atoms with E-state index in [-0.39, 0.29) is 29.6 Å². The monoisotopic (exact) mass is 336 g/mol. The van der Waals surface area contributed by atoms with Crippen molar-refractivity contribution < 1.29 is 18.8 Å². The highest BCUT2D eigenvalue weighted by molar-refractivity contribution is 5.93. The molecule has 1 aromatic rings. The number of nitrogens with one attached hydrogen (secondary N) is 1. The fourth-order valence-corrected chi connectivity index (χ4v) is 3.06. The van der Waals surface area contributed by atoms with Gasteiger partial charge in [0.05, 0.1) is 25.8 Å². The molecule has 8 nitrogen and oxygen atoms in total.